The standard InChI is InChI=1S/C14H19N3O4/c1-4-20-13(18)11-9(15)5-6-10-12(11)17(14(19)21-10)8-7-16(2)3/h5-6H,4,7-8,15H2,1-3H3. The summed E-state index contributed by atoms with van der Waals surface area (Å²) in [6, 6.07) is 3.12. The number of nitrogens with zero attached hydrogens (tertiary/aromatic N) is 2. The molecule has 0 aliphatic rings. The average Bonchev–Trinajstić information content (AvgIpc) is 2.72. The molecule has 0 spiro atoms. The van der Waals surface area contributed by atoms with Crippen molar-refractivity contribution >= 4 is 22.8 Å². The molecule has 0 saturated heterocycles. The molecule has 0 aliphatic heterocycles. The maximum absolute atomic E-state index is 12.1. The molecule has 1 aromatic heterocycles. The molecule has 7 heteroatoms. The molecule has 0 radical (unpaired) electrons. The molecule has 7 nitrogen and oxygen atoms in total. The SMILES string of the molecule is CCOC(=O)c1c(N)ccc2oc(=O)n(CCN(C)C)c12. The van der Waals surface area contributed by atoms with Crippen LogP contribution in [0.3, 0.4) is 0 Å². The van der Waals surface area contributed by atoms with Crippen LogP contribution >= 0.6 is 0 Å². The van der Waals surface area contributed by atoms with Gasteiger partial charge in [0.05, 0.1) is 6.61 Å². The number of hydrogen-bond donors (Lipinski definition) is 1. The highest BCUT2D eigenvalue weighted by Crippen LogP contribution is 2.24. The van der Waals surface area contributed by atoms with Crippen molar-refractivity contribution in [3.05, 3.63) is 28.2 Å². The molecule has 21 heavy (non-hydrogen) atoms. The first-order chi connectivity index (χ1) is 9.95. The Kier molecular flexibility index (Phi) is 4.32. The maximum atomic E-state index is 12.1. The van der Waals surface area contributed by atoms with E-state index in [1.54, 1.807) is 13.0 Å². The number of hydrogen-bond acceptors (Lipinski definition) is 6. The van der Waals surface area contributed by atoms with Gasteiger partial charge in [0.25, 0.3) is 0 Å². The molecule has 2 N–H and O–H groups in total. The van der Waals surface area contributed by atoms with E-state index in [-0.39, 0.29) is 17.9 Å². The topological polar surface area (TPSA) is 90.7 Å². The number of fused-ring (bicyclic) bond motifs is 1. The lowest BCUT2D eigenvalue weighted by Gasteiger charge is -2.11. The van der Waals surface area contributed by atoms with Gasteiger partial charge in [0.15, 0.2) is 5.58 Å². The Morgan fingerprint density at radius 1 is 1.43 bits per heavy atom. The Morgan fingerprint density at radius 3 is 2.76 bits per heavy atom. The maximum Gasteiger partial charge on any atom is 0.420 e. The van der Waals surface area contributed by atoms with Crippen molar-refractivity contribution < 1.29 is 13.9 Å². The summed E-state index contributed by atoms with van der Waals surface area (Å²) in [5, 5.41) is 0. The van der Waals surface area contributed by atoms with Crippen LogP contribution < -0.4 is 11.5 Å². The molecule has 0 unspecified atom stereocenters. The third kappa shape index (κ3) is 2.92. The Labute approximate surface area is 121 Å². The number of oxazole rings is 1. The zero-order valence-corrected chi connectivity index (χ0v) is 12.4. The quantitative estimate of drug-likeness (QED) is 0.651. The Bertz CT molecular complexity index is 715. The molecule has 114 valence electrons. The van der Waals surface area contributed by atoms with Gasteiger partial charge in [0, 0.05) is 18.8 Å². The number of rotatable bonds is 5. The number of carbonyl (C=O) groups excluding carboxylic acids is 1. The third-order valence-electron chi connectivity index (χ3n) is 3.11. The van der Waals surface area contributed by atoms with Gasteiger partial charge in [-0.15, -0.1) is 0 Å². The molecule has 0 amide bonds. The predicted molar refractivity (Wildman–Crippen MR) is 79.4 cm³/mol. The van der Waals surface area contributed by atoms with Crippen molar-refractivity contribution in [2.24, 2.45) is 0 Å². The van der Waals surface area contributed by atoms with E-state index >= 15 is 0 Å². The molecule has 0 atom stereocenters. The fourth-order valence-corrected chi connectivity index (χ4v) is 2.10. The highest BCUT2D eigenvalue weighted by Gasteiger charge is 2.21. The van der Waals surface area contributed by atoms with Crippen LogP contribution in [0.25, 0.3) is 11.1 Å². The summed E-state index contributed by atoms with van der Waals surface area (Å²) in [7, 11) is 3.79. The number of esters is 1. The van der Waals surface area contributed by atoms with Gasteiger partial charge in [0.1, 0.15) is 11.1 Å². The second-order valence-electron chi connectivity index (χ2n) is 4.92. The van der Waals surface area contributed by atoms with E-state index in [4.69, 9.17) is 14.9 Å². The minimum Gasteiger partial charge on any atom is -0.462 e. The molecule has 2 aromatic rings. The largest absolute Gasteiger partial charge is 0.462 e. The van der Waals surface area contributed by atoms with Crippen molar-refractivity contribution in [3.8, 4) is 0 Å². The van der Waals surface area contributed by atoms with Crippen LogP contribution in [0.1, 0.15) is 17.3 Å². The van der Waals surface area contributed by atoms with Gasteiger partial charge in [0.2, 0.25) is 0 Å². The number of aromatic nitrogens is 1. The molecule has 2 rings (SSSR count). The number of anilines is 1. The smallest absolute Gasteiger partial charge is 0.420 e. The molecule has 1 heterocycles. The van der Waals surface area contributed by atoms with E-state index in [9.17, 15) is 9.59 Å². The number of nitrogens with two attached hydrogens (primary N) is 1. The second-order valence-corrected chi connectivity index (χ2v) is 4.92. The van der Waals surface area contributed by atoms with Crippen LogP contribution in [0.4, 0.5) is 5.69 Å². The van der Waals surface area contributed by atoms with Crippen molar-refractivity contribution in [3.63, 3.8) is 0 Å². The van der Waals surface area contributed by atoms with Gasteiger partial charge < -0.3 is 19.8 Å². The lowest BCUT2D eigenvalue weighted by molar-refractivity contribution is 0.0529. The summed E-state index contributed by atoms with van der Waals surface area (Å²) >= 11 is 0. The molecular weight excluding hydrogens is 274 g/mol. The zero-order chi connectivity index (χ0) is 15.6. The molecule has 0 fully saturated rings. The normalized spacial score (nSPS) is 11.2. The Balaban J connectivity index is 2.63. The summed E-state index contributed by atoms with van der Waals surface area (Å²) in [6.07, 6.45) is 0. The summed E-state index contributed by atoms with van der Waals surface area (Å²) in [5.74, 6) is -1.07. The number of benzene rings is 1. The molecular formula is C14H19N3O4. The minimum atomic E-state index is -0.556. The highest BCUT2D eigenvalue weighted by atomic mass is 16.5. The number of carbonyl (C=O) groups is 1. The van der Waals surface area contributed by atoms with Crippen molar-refractivity contribution in [2.75, 3.05) is 33.0 Å². The van der Waals surface area contributed by atoms with Crippen LogP contribution in [-0.2, 0) is 11.3 Å². The van der Waals surface area contributed by atoms with Gasteiger partial charge in [-0.3, -0.25) is 4.57 Å². The van der Waals surface area contributed by atoms with Gasteiger partial charge >= 0.3 is 11.7 Å². The summed E-state index contributed by atoms with van der Waals surface area (Å²) < 4.78 is 11.6. The van der Waals surface area contributed by atoms with E-state index in [1.165, 1.54) is 10.6 Å². The van der Waals surface area contributed by atoms with Crippen molar-refractivity contribution in [1.29, 1.82) is 0 Å². The first-order valence-electron chi connectivity index (χ1n) is 6.69. The van der Waals surface area contributed by atoms with Gasteiger partial charge in [-0.1, -0.05) is 0 Å². The van der Waals surface area contributed by atoms with Crippen LogP contribution in [0.5, 0.6) is 0 Å². The first-order valence-corrected chi connectivity index (χ1v) is 6.69. The van der Waals surface area contributed by atoms with Gasteiger partial charge in [-0.05, 0) is 33.2 Å². The molecule has 1 aromatic carbocycles. The number of ether oxygens (including phenoxy) is 1. The van der Waals surface area contributed by atoms with E-state index in [0.717, 1.165) is 0 Å². The van der Waals surface area contributed by atoms with E-state index in [1.807, 2.05) is 19.0 Å². The van der Waals surface area contributed by atoms with E-state index in [2.05, 4.69) is 0 Å². The molecule has 0 saturated carbocycles. The first kappa shape index (κ1) is 15.1. The van der Waals surface area contributed by atoms with Crippen LogP contribution in [0, 0.1) is 0 Å². The highest BCUT2D eigenvalue weighted by molar-refractivity contribution is 6.06. The van der Waals surface area contributed by atoms with Crippen LogP contribution in [0.2, 0.25) is 0 Å². The summed E-state index contributed by atoms with van der Waals surface area (Å²) in [4.78, 5) is 26.0. The Hall–Kier alpha value is -2.28. The lowest BCUT2D eigenvalue weighted by atomic mass is 10.1. The molecule has 0 bridgehead atoms. The molecule has 0 aliphatic carbocycles. The van der Waals surface area contributed by atoms with E-state index in [0.29, 0.717) is 24.2 Å². The van der Waals surface area contributed by atoms with Gasteiger partial charge in [-0.2, -0.15) is 0 Å². The van der Waals surface area contributed by atoms with Crippen molar-refractivity contribution in [1.82, 2.24) is 9.47 Å². The number of nitrogen functional groups attached to an aromatic ring is 1. The third-order valence-corrected chi connectivity index (χ3v) is 3.11. The van der Waals surface area contributed by atoms with E-state index < -0.39 is 11.7 Å². The van der Waals surface area contributed by atoms with Crippen LogP contribution in [-0.4, -0.2) is 42.7 Å². The monoisotopic (exact) mass is 293 g/mol. The van der Waals surface area contributed by atoms with Gasteiger partial charge in [-0.25, -0.2) is 9.59 Å². The second kappa shape index (κ2) is 6.01. The zero-order valence-electron chi connectivity index (χ0n) is 12.4. The predicted octanol–water partition coefficient (Wildman–Crippen LogP) is 0.915. The van der Waals surface area contributed by atoms with Crippen LogP contribution in [0.15, 0.2) is 21.3 Å². The summed E-state index contributed by atoms with van der Waals surface area (Å²) in [5.41, 5.74) is 7.05. The fourth-order valence-electron chi connectivity index (χ4n) is 2.10. The summed E-state index contributed by atoms with van der Waals surface area (Å²) in [6.45, 7) is 2.97. The fraction of sp³-hybridized carbons (Fsp3) is 0.429. The minimum absolute atomic E-state index is 0.180. The lowest BCUT2D eigenvalue weighted by Crippen LogP contribution is -2.24. The average molecular weight is 293 g/mol. The number of likely N-dealkylation sites (N-methyl/N-ethyl adjacent to an activating group) is 1. The van der Waals surface area contributed by atoms with Crippen molar-refractivity contribution in [2.45, 2.75) is 13.5 Å². The Morgan fingerprint density at radius 2 is 2.14 bits per heavy atom.